The van der Waals surface area contributed by atoms with Crippen molar-refractivity contribution in [3.63, 3.8) is 0 Å². The Bertz CT molecular complexity index is 1530. The van der Waals surface area contributed by atoms with Crippen molar-refractivity contribution in [3.05, 3.63) is 124 Å². The van der Waals surface area contributed by atoms with Gasteiger partial charge >= 0.3 is 11.9 Å². The monoisotopic (exact) mass is 560 g/mol. The molecule has 0 aliphatic heterocycles. The third-order valence-electron chi connectivity index (χ3n) is 5.56. The molecule has 2 amide bonds. The molecule has 0 heterocycles. The van der Waals surface area contributed by atoms with Crippen molar-refractivity contribution >= 4 is 58.5 Å². The molecule has 4 aromatic rings. The summed E-state index contributed by atoms with van der Waals surface area (Å²) in [6.45, 7) is 0. The highest BCUT2D eigenvalue weighted by Crippen LogP contribution is 2.37. The van der Waals surface area contributed by atoms with Crippen molar-refractivity contribution < 1.29 is 29.4 Å². The molecule has 10 heteroatoms. The summed E-state index contributed by atoms with van der Waals surface area (Å²) < 4.78 is 0. The first-order valence-electron chi connectivity index (χ1n) is 11.5. The molecule has 4 aromatic carbocycles. The summed E-state index contributed by atoms with van der Waals surface area (Å²) in [5, 5.41) is 24.1. The number of rotatable bonds is 9. The van der Waals surface area contributed by atoms with Crippen LogP contribution in [0.4, 0.5) is 11.4 Å². The third-order valence-corrected chi connectivity index (χ3v) is 7.08. The van der Waals surface area contributed by atoms with Crippen molar-refractivity contribution in [2.24, 2.45) is 0 Å². The SMILES string of the molecule is O=C(O)c1ccc(C(=O)Nc2ccc(SC(C(=O)Nc3ccc(Cl)cc3)c3ccccc3)cc2)c(C(=O)O)c1. The largest absolute Gasteiger partial charge is 0.478 e. The number of carbonyl (C=O) groups is 4. The number of carboxylic acid groups (broad SMARTS) is 2. The lowest BCUT2D eigenvalue weighted by Crippen LogP contribution is -2.19. The summed E-state index contributed by atoms with van der Waals surface area (Å²) >= 11 is 7.26. The molecule has 0 bridgehead atoms. The fraction of sp³-hybridized carbons (Fsp3) is 0.0345. The van der Waals surface area contributed by atoms with Crippen LogP contribution in [-0.2, 0) is 4.79 Å². The third kappa shape index (κ3) is 7.04. The summed E-state index contributed by atoms with van der Waals surface area (Å²) in [7, 11) is 0. The Labute approximate surface area is 232 Å². The van der Waals surface area contributed by atoms with E-state index in [0.717, 1.165) is 22.6 Å². The normalized spacial score (nSPS) is 11.3. The fourth-order valence-corrected chi connectivity index (χ4v) is 4.80. The summed E-state index contributed by atoms with van der Waals surface area (Å²) in [5.41, 5.74) is 0.979. The van der Waals surface area contributed by atoms with Crippen molar-refractivity contribution in [1.82, 2.24) is 0 Å². The quantitative estimate of drug-likeness (QED) is 0.173. The van der Waals surface area contributed by atoms with E-state index in [4.69, 9.17) is 16.7 Å². The lowest BCUT2D eigenvalue weighted by atomic mass is 10.0. The Morgan fingerprint density at radius 1 is 0.692 bits per heavy atom. The van der Waals surface area contributed by atoms with Crippen molar-refractivity contribution in [2.75, 3.05) is 10.6 Å². The average molecular weight is 561 g/mol. The predicted octanol–water partition coefficient (Wildman–Crippen LogP) is 6.46. The summed E-state index contributed by atoms with van der Waals surface area (Å²) in [6.07, 6.45) is 0. The molecule has 1 unspecified atom stereocenters. The summed E-state index contributed by atoms with van der Waals surface area (Å²) in [6, 6.07) is 26.1. The maximum absolute atomic E-state index is 13.2. The van der Waals surface area contributed by atoms with E-state index in [1.54, 1.807) is 48.5 Å². The molecule has 0 aliphatic carbocycles. The maximum Gasteiger partial charge on any atom is 0.336 e. The first kappa shape index (κ1) is 27.4. The van der Waals surface area contributed by atoms with Crippen LogP contribution in [0.5, 0.6) is 0 Å². The van der Waals surface area contributed by atoms with Gasteiger partial charge in [0.05, 0.1) is 16.7 Å². The van der Waals surface area contributed by atoms with Crippen LogP contribution in [0.15, 0.2) is 102 Å². The second-order valence-corrected chi connectivity index (χ2v) is 9.87. The zero-order valence-corrected chi connectivity index (χ0v) is 21.7. The average Bonchev–Trinajstić information content (AvgIpc) is 2.93. The molecule has 39 heavy (non-hydrogen) atoms. The van der Waals surface area contributed by atoms with Gasteiger partial charge in [0, 0.05) is 21.3 Å². The van der Waals surface area contributed by atoms with Gasteiger partial charge in [0.15, 0.2) is 0 Å². The Morgan fingerprint density at radius 2 is 1.31 bits per heavy atom. The number of hydrogen-bond donors (Lipinski definition) is 4. The smallest absolute Gasteiger partial charge is 0.336 e. The number of nitrogens with one attached hydrogen (secondary N) is 2. The molecular weight excluding hydrogens is 540 g/mol. The number of carbonyl (C=O) groups excluding carboxylic acids is 2. The molecule has 196 valence electrons. The maximum atomic E-state index is 13.2. The van der Waals surface area contributed by atoms with Crippen LogP contribution in [0.25, 0.3) is 0 Å². The zero-order valence-electron chi connectivity index (χ0n) is 20.1. The van der Waals surface area contributed by atoms with Gasteiger partial charge in [0.2, 0.25) is 5.91 Å². The van der Waals surface area contributed by atoms with Gasteiger partial charge < -0.3 is 20.8 Å². The number of thioether (sulfide) groups is 1. The van der Waals surface area contributed by atoms with E-state index in [1.165, 1.54) is 17.8 Å². The number of anilines is 2. The number of amides is 2. The van der Waals surface area contributed by atoms with Gasteiger partial charge in [-0.15, -0.1) is 11.8 Å². The Kier molecular flexibility index (Phi) is 8.65. The minimum Gasteiger partial charge on any atom is -0.478 e. The van der Waals surface area contributed by atoms with Gasteiger partial charge in [-0.2, -0.15) is 0 Å². The van der Waals surface area contributed by atoms with Crippen molar-refractivity contribution in [2.45, 2.75) is 10.1 Å². The molecular formula is C29H21ClN2O6S. The van der Waals surface area contributed by atoms with E-state index in [0.29, 0.717) is 16.4 Å². The van der Waals surface area contributed by atoms with Gasteiger partial charge in [-0.25, -0.2) is 9.59 Å². The summed E-state index contributed by atoms with van der Waals surface area (Å²) in [4.78, 5) is 49.5. The predicted molar refractivity (Wildman–Crippen MR) is 150 cm³/mol. The van der Waals surface area contributed by atoms with Crippen LogP contribution in [0, 0.1) is 0 Å². The zero-order chi connectivity index (χ0) is 27.9. The van der Waals surface area contributed by atoms with E-state index in [-0.39, 0.29) is 17.0 Å². The second kappa shape index (κ2) is 12.3. The Morgan fingerprint density at radius 3 is 1.92 bits per heavy atom. The second-order valence-electron chi connectivity index (χ2n) is 8.25. The molecule has 0 aromatic heterocycles. The molecule has 0 aliphatic rings. The van der Waals surface area contributed by atoms with Crippen molar-refractivity contribution in [1.29, 1.82) is 0 Å². The van der Waals surface area contributed by atoms with Gasteiger partial charge in [0.25, 0.3) is 5.91 Å². The van der Waals surface area contributed by atoms with E-state index < -0.39 is 28.7 Å². The number of benzene rings is 4. The molecule has 0 saturated carbocycles. The Balaban J connectivity index is 1.50. The molecule has 0 spiro atoms. The number of hydrogen-bond acceptors (Lipinski definition) is 5. The molecule has 0 fully saturated rings. The minimum atomic E-state index is -1.42. The topological polar surface area (TPSA) is 133 Å². The van der Waals surface area contributed by atoms with Crippen LogP contribution in [-0.4, -0.2) is 34.0 Å². The van der Waals surface area contributed by atoms with Gasteiger partial charge in [-0.3, -0.25) is 9.59 Å². The van der Waals surface area contributed by atoms with Gasteiger partial charge in [0.1, 0.15) is 5.25 Å². The highest BCUT2D eigenvalue weighted by molar-refractivity contribution is 8.00. The van der Waals surface area contributed by atoms with Crippen LogP contribution in [0.2, 0.25) is 5.02 Å². The molecule has 8 nitrogen and oxygen atoms in total. The molecule has 0 radical (unpaired) electrons. The Hall–Kier alpha value is -4.60. The van der Waals surface area contributed by atoms with Crippen molar-refractivity contribution in [3.8, 4) is 0 Å². The molecule has 1 atom stereocenters. The van der Waals surface area contributed by atoms with Crippen LogP contribution in [0.3, 0.4) is 0 Å². The summed E-state index contributed by atoms with van der Waals surface area (Å²) in [5.74, 6) is -3.64. The molecule has 0 saturated heterocycles. The van der Waals surface area contributed by atoms with E-state index in [1.807, 2.05) is 30.3 Å². The molecule has 4 N–H and O–H groups in total. The number of aromatic carboxylic acids is 2. The van der Waals surface area contributed by atoms with Gasteiger partial charge in [-0.1, -0.05) is 41.9 Å². The highest BCUT2D eigenvalue weighted by atomic mass is 35.5. The highest BCUT2D eigenvalue weighted by Gasteiger charge is 2.23. The molecule has 4 rings (SSSR count). The minimum absolute atomic E-state index is 0.172. The number of carboxylic acids is 2. The van der Waals surface area contributed by atoms with Crippen LogP contribution >= 0.6 is 23.4 Å². The standard InChI is InChI=1S/C29H21ClN2O6S/c30-19-7-9-20(10-8-19)32-27(34)25(17-4-2-1-3-5-17)39-22-13-11-21(12-14-22)31-26(33)23-15-6-18(28(35)36)16-24(23)29(37)38/h1-16,25H,(H,31,33)(H,32,34)(H,35,36)(H,37,38). The van der Waals surface area contributed by atoms with Crippen LogP contribution in [0.1, 0.15) is 41.9 Å². The lowest BCUT2D eigenvalue weighted by molar-refractivity contribution is -0.115. The van der Waals surface area contributed by atoms with E-state index in [9.17, 15) is 24.3 Å². The first-order valence-corrected chi connectivity index (χ1v) is 12.8. The van der Waals surface area contributed by atoms with Crippen LogP contribution < -0.4 is 10.6 Å². The van der Waals surface area contributed by atoms with E-state index >= 15 is 0 Å². The first-order chi connectivity index (χ1) is 18.7. The van der Waals surface area contributed by atoms with E-state index in [2.05, 4.69) is 10.6 Å². The lowest BCUT2D eigenvalue weighted by Gasteiger charge is -2.17. The number of halogens is 1. The fourth-order valence-electron chi connectivity index (χ4n) is 3.65. The van der Waals surface area contributed by atoms with Gasteiger partial charge in [-0.05, 0) is 72.3 Å².